The van der Waals surface area contributed by atoms with E-state index in [0.717, 1.165) is 54.2 Å². The van der Waals surface area contributed by atoms with Gasteiger partial charge in [0.05, 0.1) is 18.4 Å². The SMILES string of the molecule is C[C@@H](Oc1ccc2c(c1)C(/C=C/c1cccc(CN3CCC(O)C3)c1)=NC2)c1c(Cl)cccc1Cl. The summed E-state index contributed by atoms with van der Waals surface area (Å²) in [4.78, 5) is 7.03. The molecule has 5 rings (SSSR count). The van der Waals surface area contributed by atoms with Gasteiger partial charge in [0.15, 0.2) is 0 Å². The van der Waals surface area contributed by atoms with Crippen molar-refractivity contribution in [3.63, 3.8) is 0 Å². The van der Waals surface area contributed by atoms with E-state index < -0.39 is 0 Å². The van der Waals surface area contributed by atoms with Gasteiger partial charge in [0.1, 0.15) is 11.9 Å². The smallest absolute Gasteiger partial charge is 0.124 e. The van der Waals surface area contributed by atoms with Gasteiger partial charge in [-0.15, -0.1) is 0 Å². The third-order valence-electron chi connectivity index (χ3n) is 6.53. The van der Waals surface area contributed by atoms with E-state index in [9.17, 15) is 5.11 Å². The summed E-state index contributed by atoms with van der Waals surface area (Å²) in [5.74, 6) is 0.755. The Morgan fingerprint density at radius 2 is 1.89 bits per heavy atom. The number of rotatable bonds is 7. The van der Waals surface area contributed by atoms with Gasteiger partial charge >= 0.3 is 0 Å². The van der Waals surface area contributed by atoms with Crippen LogP contribution >= 0.6 is 23.2 Å². The van der Waals surface area contributed by atoms with Crippen LogP contribution in [0, 0.1) is 0 Å². The van der Waals surface area contributed by atoms with Crippen LogP contribution in [0.2, 0.25) is 10.0 Å². The molecule has 1 unspecified atom stereocenters. The van der Waals surface area contributed by atoms with Crippen molar-refractivity contribution in [1.82, 2.24) is 4.90 Å². The van der Waals surface area contributed by atoms with Crippen LogP contribution in [-0.4, -0.2) is 34.9 Å². The Hall–Kier alpha value is -2.63. The number of nitrogens with zero attached hydrogens (tertiary/aromatic N) is 2. The van der Waals surface area contributed by atoms with Crippen molar-refractivity contribution in [1.29, 1.82) is 0 Å². The molecule has 1 fully saturated rings. The molecule has 3 aromatic rings. The van der Waals surface area contributed by atoms with Crippen molar-refractivity contribution in [2.45, 2.75) is 38.6 Å². The molecule has 1 N–H and O–H groups in total. The van der Waals surface area contributed by atoms with Crippen molar-refractivity contribution in [2.75, 3.05) is 13.1 Å². The van der Waals surface area contributed by atoms with Crippen molar-refractivity contribution >= 4 is 35.0 Å². The number of hydrogen-bond acceptors (Lipinski definition) is 4. The number of benzene rings is 3. The Bertz CT molecular complexity index is 1270. The van der Waals surface area contributed by atoms with Crippen LogP contribution in [-0.2, 0) is 13.1 Å². The number of aliphatic hydroxyl groups is 1. The van der Waals surface area contributed by atoms with E-state index in [1.165, 1.54) is 11.1 Å². The van der Waals surface area contributed by atoms with Crippen LogP contribution in [0.5, 0.6) is 5.75 Å². The maximum Gasteiger partial charge on any atom is 0.124 e. The predicted molar refractivity (Wildman–Crippen MR) is 144 cm³/mol. The number of allylic oxidation sites excluding steroid dienone is 1. The number of aliphatic imine (C=N–C) groups is 1. The van der Waals surface area contributed by atoms with Crippen molar-refractivity contribution in [3.8, 4) is 5.75 Å². The molecule has 0 aliphatic carbocycles. The van der Waals surface area contributed by atoms with Crippen molar-refractivity contribution < 1.29 is 9.84 Å². The Labute approximate surface area is 216 Å². The number of β-amino-alcohol motifs (C(OH)–C–C–N with tert-alkyl or cyclic N) is 1. The first-order valence-electron chi connectivity index (χ1n) is 11.9. The second-order valence-corrected chi connectivity index (χ2v) is 9.99. The van der Waals surface area contributed by atoms with Gasteiger partial charge in [-0.2, -0.15) is 0 Å². The third-order valence-corrected chi connectivity index (χ3v) is 7.19. The first-order chi connectivity index (χ1) is 17.0. The van der Waals surface area contributed by atoms with Crippen LogP contribution in [0.15, 0.2) is 71.7 Å². The zero-order chi connectivity index (χ0) is 24.4. The highest BCUT2D eigenvalue weighted by atomic mass is 35.5. The normalized spacial score (nSPS) is 18.6. The lowest BCUT2D eigenvalue weighted by atomic mass is 10.0. The summed E-state index contributed by atoms with van der Waals surface area (Å²) in [6.45, 7) is 5.17. The second kappa shape index (κ2) is 10.5. The molecule has 2 heterocycles. The first kappa shape index (κ1) is 24.1. The minimum absolute atomic E-state index is 0.197. The molecule has 2 aliphatic heterocycles. The monoisotopic (exact) mass is 506 g/mol. The number of hydrogen-bond donors (Lipinski definition) is 1. The molecule has 0 amide bonds. The molecule has 0 spiro atoms. The molecule has 3 aromatic carbocycles. The van der Waals surface area contributed by atoms with Crippen molar-refractivity contribution in [3.05, 3.63) is 105 Å². The summed E-state index contributed by atoms with van der Waals surface area (Å²) in [5, 5.41) is 11.0. The van der Waals surface area contributed by atoms with E-state index in [-0.39, 0.29) is 12.2 Å². The fourth-order valence-corrected chi connectivity index (χ4v) is 5.45. The third kappa shape index (κ3) is 5.62. The molecule has 2 atom stereocenters. The maximum atomic E-state index is 9.78. The summed E-state index contributed by atoms with van der Waals surface area (Å²) in [6, 6.07) is 20.1. The summed E-state index contributed by atoms with van der Waals surface area (Å²) in [5.41, 5.74) is 6.38. The zero-order valence-electron chi connectivity index (χ0n) is 19.6. The lowest BCUT2D eigenvalue weighted by molar-refractivity contribution is 0.175. The van der Waals surface area contributed by atoms with Crippen LogP contribution in [0.25, 0.3) is 6.08 Å². The van der Waals surface area contributed by atoms with Gasteiger partial charge in [-0.05, 0) is 60.4 Å². The summed E-state index contributed by atoms with van der Waals surface area (Å²) in [6.07, 6.45) is 4.55. The fraction of sp³-hybridized carbons (Fsp3) is 0.276. The fourth-order valence-electron chi connectivity index (χ4n) is 4.75. The number of likely N-dealkylation sites (tertiary alicyclic amines) is 1. The molecule has 0 aromatic heterocycles. The van der Waals surface area contributed by atoms with E-state index in [2.05, 4.69) is 47.4 Å². The quantitative estimate of drug-likeness (QED) is 0.386. The summed E-state index contributed by atoms with van der Waals surface area (Å²) in [7, 11) is 0. The van der Waals surface area contributed by atoms with E-state index in [1.54, 1.807) is 0 Å². The van der Waals surface area contributed by atoms with E-state index in [1.807, 2.05) is 37.3 Å². The zero-order valence-corrected chi connectivity index (χ0v) is 21.1. The summed E-state index contributed by atoms with van der Waals surface area (Å²) >= 11 is 12.7. The highest BCUT2D eigenvalue weighted by molar-refractivity contribution is 6.36. The Balaban J connectivity index is 1.29. The number of ether oxygens (including phenoxy) is 1. The van der Waals surface area contributed by atoms with Crippen LogP contribution in [0.4, 0.5) is 0 Å². The summed E-state index contributed by atoms with van der Waals surface area (Å²) < 4.78 is 6.21. The standard InChI is InChI=1S/C29H28Cl2N2O2/c1-19(29-26(30)6-3-7-27(29)31)35-24-10-9-22-16-32-28(25(22)15-24)11-8-20-4-2-5-21(14-20)17-33-13-12-23(34)18-33/h2-11,14-15,19,23,34H,12-13,16-18H2,1H3/b11-8+/t19-,23?/m1/s1. The van der Waals surface area contributed by atoms with Gasteiger partial charge in [0, 0.05) is 40.8 Å². The molecular weight excluding hydrogens is 479 g/mol. The highest BCUT2D eigenvalue weighted by Crippen LogP contribution is 2.34. The Kier molecular flexibility index (Phi) is 7.26. The minimum Gasteiger partial charge on any atom is -0.486 e. The van der Waals surface area contributed by atoms with Gasteiger partial charge in [-0.25, -0.2) is 0 Å². The minimum atomic E-state index is -0.286. The lowest BCUT2D eigenvalue weighted by Crippen LogP contribution is -2.21. The van der Waals surface area contributed by atoms with Gasteiger partial charge < -0.3 is 9.84 Å². The van der Waals surface area contributed by atoms with Gasteiger partial charge in [0.2, 0.25) is 0 Å². The molecule has 35 heavy (non-hydrogen) atoms. The Morgan fingerprint density at radius 1 is 1.09 bits per heavy atom. The van der Waals surface area contributed by atoms with Crippen LogP contribution in [0.3, 0.4) is 0 Å². The molecule has 2 aliphatic rings. The molecule has 6 heteroatoms. The number of halogens is 2. The average molecular weight is 507 g/mol. The molecule has 4 nitrogen and oxygen atoms in total. The Morgan fingerprint density at radius 3 is 2.66 bits per heavy atom. The van der Waals surface area contributed by atoms with Crippen LogP contribution < -0.4 is 4.74 Å². The average Bonchev–Trinajstić information content (AvgIpc) is 3.43. The topological polar surface area (TPSA) is 45.1 Å². The molecule has 1 saturated heterocycles. The molecule has 0 bridgehead atoms. The number of aliphatic hydroxyl groups excluding tert-OH is 1. The van der Waals surface area contributed by atoms with Crippen LogP contribution in [0.1, 0.15) is 47.3 Å². The van der Waals surface area contributed by atoms with E-state index in [0.29, 0.717) is 16.6 Å². The highest BCUT2D eigenvalue weighted by Gasteiger charge is 2.20. The second-order valence-electron chi connectivity index (χ2n) is 9.17. The predicted octanol–water partition coefficient (Wildman–Crippen LogP) is 6.72. The molecular formula is C29H28Cl2N2O2. The number of fused-ring (bicyclic) bond motifs is 1. The first-order valence-corrected chi connectivity index (χ1v) is 12.7. The van der Waals surface area contributed by atoms with Crippen molar-refractivity contribution in [2.24, 2.45) is 4.99 Å². The molecule has 180 valence electrons. The van der Waals surface area contributed by atoms with E-state index in [4.69, 9.17) is 32.9 Å². The van der Waals surface area contributed by atoms with E-state index >= 15 is 0 Å². The van der Waals surface area contributed by atoms with Gasteiger partial charge in [0.25, 0.3) is 0 Å². The molecule has 0 saturated carbocycles. The van der Waals surface area contributed by atoms with Gasteiger partial charge in [-0.1, -0.05) is 65.7 Å². The lowest BCUT2D eigenvalue weighted by Gasteiger charge is -2.18. The maximum absolute atomic E-state index is 9.78. The molecule has 0 radical (unpaired) electrons. The van der Waals surface area contributed by atoms with Gasteiger partial charge in [-0.3, -0.25) is 9.89 Å². The largest absolute Gasteiger partial charge is 0.486 e.